The van der Waals surface area contributed by atoms with Crippen molar-refractivity contribution >= 4 is 17.3 Å². The van der Waals surface area contributed by atoms with Gasteiger partial charge >= 0.3 is 0 Å². The van der Waals surface area contributed by atoms with Crippen LogP contribution in [0.15, 0.2) is 40.7 Å². The maximum Gasteiger partial charge on any atom is 0.189 e. The Bertz CT molecular complexity index is 582. The zero-order valence-corrected chi connectivity index (χ0v) is 13.1. The highest BCUT2D eigenvalue weighted by Gasteiger charge is 2.05. The van der Waals surface area contributed by atoms with Crippen molar-refractivity contribution in [3.05, 3.63) is 40.7 Å². The minimum absolute atomic E-state index is 0.134. The molecule has 0 aliphatic heterocycles. The largest absolute Gasteiger partial charge is 0.383 e. The van der Waals surface area contributed by atoms with Crippen LogP contribution >= 0.6 is 11.3 Å². The summed E-state index contributed by atoms with van der Waals surface area (Å²) < 4.78 is 5.04. The van der Waals surface area contributed by atoms with Crippen molar-refractivity contribution in [2.24, 2.45) is 10.7 Å². The van der Waals surface area contributed by atoms with Crippen LogP contribution in [0.3, 0.4) is 0 Å². The highest BCUT2D eigenvalue weighted by molar-refractivity contribution is 7.09. The predicted octanol–water partition coefficient (Wildman–Crippen LogP) is 2.25. The first-order valence-corrected chi connectivity index (χ1v) is 7.62. The van der Waals surface area contributed by atoms with Gasteiger partial charge in [-0.1, -0.05) is 30.3 Å². The molecule has 0 amide bonds. The van der Waals surface area contributed by atoms with Gasteiger partial charge in [0.15, 0.2) is 5.96 Å². The third-order valence-corrected chi connectivity index (χ3v) is 3.65. The van der Waals surface area contributed by atoms with Crippen molar-refractivity contribution in [3.8, 4) is 11.3 Å². The van der Waals surface area contributed by atoms with Crippen LogP contribution in [0.4, 0.5) is 0 Å². The number of hydrogen-bond acceptors (Lipinski definition) is 4. The van der Waals surface area contributed by atoms with Crippen LogP contribution in [-0.2, 0) is 11.3 Å². The summed E-state index contributed by atoms with van der Waals surface area (Å²) in [4.78, 5) is 8.87. The van der Waals surface area contributed by atoms with Gasteiger partial charge in [-0.25, -0.2) is 9.98 Å². The summed E-state index contributed by atoms with van der Waals surface area (Å²) in [5, 5.41) is 6.05. The van der Waals surface area contributed by atoms with Gasteiger partial charge in [0, 0.05) is 24.1 Å². The smallest absolute Gasteiger partial charge is 0.189 e. The number of thiazole rings is 1. The second-order valence-electron chi connectivity index (χ2n) is 4.69. The molecule has 112 valence electrons. The molecule has 0 aliphatic carbocycles. The Kier molecular flexibility index (Phi) is 5.71. The Hall–Kier alpha value is -1.92. The number of nitrogens with one attached hydrogen (secondary N) is 1. The Morgan fingerprint density at radius 2 is 2.19 bits per heavy atom. The van der Waals surface area contributed by atoms with Crippen molar-refractivity contribution in [1.29, 1.82) is 0 Å². The number of nitrogens with zero attached hydrogens (tertiary/aromatic N) is 2. The molecule has 0 saturated heterocycles. The van der Waals surface area contributed by atoms with E-state index in [0.717, 1.165) is 16.3 Å². The molecule has 3 N–H and O–H groups in total. The molecule has 2 aromatic rings. The van der Waals surface area contributed by atoms with E-state index < -0.39 is 0 Å². The van der Waals surface area contributed by atoms with Gasteiger partial charge in [-0.2, -0.15) is 0 Å². The van der Waals surface area contributed by atoms with Gasteiger partial charge in [-0.3, -0.25) is 0 Å². The van der Waals surface area contributed by atoms with E-state index in [1.165, 1.54) is 0 Å². The van der Waals surface area contributed by atoms with Crippen LogP contribution in [0.1, 0.15) is 11.9 Å². The number of benzene rings is 1. The van der Waals surface area contributed by atoms with E-state index in [-0.39, 0.29) is 6.04 Å². The van der Waals surface area contributed by atoms with Crippen molar-refractivity contribution in [2.45, 2.75) is 19.5 Å². The average molecular weight is 304 g/mol. The first-order valence-electron chi connectivity index (χ1n) is 6.74. The number of hydrogen-bond donors (Lipinski definition) is 2. The molecule has 1 atom stereocenters. The van der Waals surface area contributed by atoms with E-state index in [0.29, 0.717) is 19.1 Å². The summed E-state index contributed by atoms with van der Waals surface area (Å²) in [7, 11) is 1.66. The number of ether oxygens (including phenoxy) is 1. The van der Waals surface area contributed by atoms with Gasteiger partial charge in [-0.05, 0) is 6.92 Å². The number of rotatable bonds is 6. The van der Waals surface area contributed by atoms with E-state index in [4.69, 9.17) is 10.5 Å². The van der Waals surface area contributed by atoms with E-state index >= 15 is 0 Å². The van der Waals surface area contributed by atoms with Gasteiger partial charge in [0.2, 0.25) is 0 Å². The molecule has 0 bridgehead atoms. The Morgan fingerprint density at radius 1 is 1.43 bits per heavy atom. The van der Waals surface area contributed by atoms with Crippen molar-refractivity contribution in [3.63, 3.8) is 0 Å². The first kappa shape index (κ1) is 15.5. The van der Waals surface area contributed by atoms with Crippen molar-refractivity contribution in [1.82, 2.24) is 10.3 Å². The summed E-state index contributed by atoms with van der Waals surface area (Å²) in [5.74, 6) is 0.413. The van der Waals surface area contributed by atoms with Crippen LogP contribution in [0.5, 0.6) is 0 Å². The molecule has 1 unspecified atom stereocenters. The lowest BCUT2D eigenvalue weighted by molar-refractivity contribution is 0.179. The minimum atomic E-state index is 0.134. The molecule has 2 rings (SSSR count). The molecule has 0 radical (unpaired) electrons. The lowest BCUT2D eigenvalue weighted by Crippen LogP contribution is -2.40. The van der Waals surface area contributed by atoms with Gasteiger partial charge in [0.1, 0.15) is 5.01 Å². The third kappa shape index (κ3) is 4.84. The second kappa shape index (κ2) is 7.75. The summed E-state index contributed by atoms with van der Waals surface area (Å²) >= 11 is 1.59. The summed E-state index contributed by atoms with van der Waals surface area (Å²) in [6.45, 7) is 3.06. The standard InChI is InChI=1S/C15H20N4OS/c1-11(9-20-2)18-15(16)17-8-14-19-13(10-21-14)12-6-4-3-5-7-12/h3-7,10-11H,8-9H2,1-2H3,(H3,16,17,18). The normalized spacial score (nSPS) is 13.1. The molecule has 1 aromatic carbocycles. The third-order valence-electron chi connectivity index (χ3n) is 2.82. The minimum Gasteiger partial charge on any atom is -0.383 e. The van der Waals surface area contributed by atoms with E-state index in [1.807, 2.05) is 42.6 Å². The first-order chi connectivity index (χ1) is 10.2. The van der Waals surface area contributed by atoms with E-state index in [1.54, 1.807) is 18.4 Å². The Labute approximate surface area is 128 Å². The van der Waals surface area contributed by atoms with Crippen LogP contribution in [-0.4, -0.2) is 30.7 Å². The summed E-state index contributed by atoms with van der Waals surface area (Å²) in [5.41, 5.74) is 7.92. The molecule has 21 heavy (non-hydrogen) atoms. The molecule has 0 saturated carbocycles. The fraction of sp³-hybridized carbons (Fsp3) is 0.333. The van der Waals surface area contributed by atoms with Gasteiger partial charge < -0.3 is 15.8 Å². The van der Waals surface area contributed by atoms with Gasteiger partial charge in [0.25, 0.3) is 0 Å². The SMILES string of the molecule is COCC(C)NC(N)=NCc1nc(-c2ccccc2)cs1. The second-order valence-corrected chi connectivity index (χ2v) is 5.64. The molecule has 0 aliphatic rings. The zero-order chi connectivity index (χ0) is 15.1. The van der Waals surface area contributed by atoms with E-state index in [2.05, 4.69) is 15.3 Å². The average Bonchev–Trinajstić information content (AvgIpc) is 2.95. The topological polar surface area (TPSA) is 72.5 Å². The fourth-order valence-corrected chi connectivity index (χ4v) is 2.59. The van der Waals surface area contributed by atoms with Gasteiger partial charge in [-0.15, -0.1) is 11.3 Å². The lowest BCUT2D eigenvalue weighted by Gasteiger charge is -2.12. The number of methoxy groups -OCH3 is 1. The number of aromatic nitrogens is 1. The lowest BCUT2D eigenvalue weighted by atomic mass is 10.2. The predicted molar refractivity (Wildman–Crippen MR) is 87.4 cm³/mol. The summed E-state index contributed by atoms with van der Waals surface area (Å²) in [6, 6.07) is 10.2. The van der Waals surface area contributed by atoms with Gasteiger partial charge in [0.05, 0.1) is 18.8 Å². The van der Waals surface area contributed by atoms with Crippen molar-refractivity contribution in [2.75, 3.05) is 13.7 Å². The fourth-order valence-electron chi connectivity index (χ4n) is 1.87. The molecule has 5 nitrogen and oxygen atoms in total. The summed E-state index contributed by atoms with van der Waals surface area (Å²) in [6.07, 6.45) is 0. The molecule has 0 fully saturated rings. The molecular formula is C15H20N4OS. The molecule has 1 heterocycles. The zero-order valence-electron chi connectivity index (χ0n) is 12.2. The van der Waals surface area contributed by atoms with Crippen LogP contribution in [0.2, 0.25) is 0 Å². The maximum absolute atomic E-state index is 5.83. The monoisotopic (exact) mass is 304 g/mol. The van der Waals surface area contributed by atoms with Crippen LogP contribution in [0, 0.1) is 0 Å². The van der Waals surface area contributed by atoms with E-state index in [9.17, 15) is 0 Å². The molecule has 1 aromatic heterocycles. The van der Waals surface area contributed by atoms with Crippen molar-refractivity contribution < 1.29 is 4.74 Å². The Balaban J connectivity index is 1.94. The van der Waals surface area contributed by atoms with Crippen LogP contribution < -0.4 is 11.1 Å². The number of nitrogens with two attached hydrogens (primary N) is 1. The maximum atomic E-state index is 5.83. The highest BCUT2D eigenvalue weighted by Crippen LogP contribution is 2.21. The number of aliphatic imine (C=N–C) groups is 1. The quantitative estimate of drug-likeness (QED) is 0.634. The molecule has 6 heteroatoms. The molecule has 0 spiro atoms. The Morgan fingerprint density at radius 3 is 2.90 bits per heavy atom. The molecular weight excluding hydrogens is 284 g/mol. The highest BCUT2D eigenvalue weighted by atomic mass is 32.1. The van der Waals surface area contributed by atoms with Crippen LogP contribution in [0.25, 0.3) is 11.3 Å². The number of guanidine groups is 1.